The van der Waals surface area contributed by atoms with Gasteiger partial charge in [0.2, 0.25) is 0 Å². The van der Waals surface area contributed by atoms with Crippen LogP contribution < -0.4 is 4.74 Å². The van der Waals surface area contributed by atoms with E-state index < -0.39 is 10.5 Å². The van der Waals surface area contributed by atoms with E-state index in [2.05, 4.69) is 0 Å². The lowest BCUT2D eigenvalue weighted by molar-refractivity contribution is -0.384. The van der Waals surface area contributed by atoms with Crippen molar-refractivity contribution in [3.63, 3.8) is 0 Å². The van der Waals surface area contributed by atoms with Crippen LogP contribution >= 0.6 is 0 Å². The van der Waals surface area contributed by atoms with Crippen LogP contribution in [0.5, 0.6) is 5.75 Å². The maximum atomic E-state index is 11.8. The van der Waals surface area contributed by atoms with E-state index in [0.717, 1.165) is 0 Å². The lowest BCUT2D eigenvalue weighted by Gasteiger charge is -2.39. The minimum absolute atomic E-state index is 0.132. The molecule has 1 amide bonds. The van der Waals surface area contributed by atoms with Gasteiger partial charge in [0.15, 0.2) is 6.29 Å². The summed E-state index contributed by atoms with van der Waals surface area (Å²) in [6, 6.07) is 3.87. The summed E-state index contributed by atoms with van der Waals surface area (Å²) < 4.78 is 10.8. The Balaban J connectivity index is 1.85. The first-order valence-corrected chi connectivity index (χ1v) is 7.54. The zero-order valence-electron chi connectivity index (χ0n) is 13.9. The summed E-state index contributed by atoms with van der Waals surface area (Å²) in [5, 5.41) is 10.7. The molecule has 130 valence electrons. The highest BCUT2D eigenvalue weighted by atomic mass is 16.6. The summed E-state index contributed by atoms with van der Waals surface area (Å²) in [5.74, 6) is 0.429. The summed E-state index contributed by atoms with van der Waals surface area (Å²) >= 11 is 0. The predicted molar refractivity (Wildman–Crippen MR) is 85.3 cm³/mol. The van der Waals surface area contributed by atoms with E-state index >= 15 is 0 Å². The van der Waals surface area contributed by atoms with Crippen molar-refractivity contribution >= 4 is 18.1 Å². The summed E-state index contributed by atoms with van der Waals surface area (Å²) in [5.41, 5.74) is -0.562. The quantitative estimate of drug-likeness (QED) is 0.465. The molecule has 0 aromatic heterocycles. The number of carbonyl (C=O) groups is 2. The number of ether oxygens (including phenoxy) is 2. The summed E-state index contributed by atoms with van der Waals surface area (Å²) in [6.45, 7) is 6.76. The monoisotopic (exact) mass is 336 g/mol. The molecule has 0 aliphatic carbocycles. The number of carbonyl (C=O) groups excluding carboxylic acids is 2. The van der Waals surface area contributed by atoms with Crippen molar-refractivity contribution in [3.8, 4) is 5.75 Å². The summed E-state index contributed by atoms with van der Waals surface area (Å²) in [6.07, 6.45) is 0.165. The van der Waals surface area contributed by atoms with Crippen LogP contribution in [0.2, 0.25) is 0 Å². The Morgan fingerprint density at radius 3 is 2.62 bits per heavy atom. The van der Waals surface area contributed by atoms with Crippen molar-refractivity contribution in [1.82, 2.24) is 4.90 Å². The molecular weight excluding hydrogens is 316 g/mol. The standard InChI is InChI=1S/C16H20N2O6/c1-16(2,3)24-15(20)17-7-11(8-17)10-23-14-5-4-13(18(21)22)6-12(14)9-19/h4-6,9,11H,7-8,10H2,1-3H3. The van der Waals surface area contributed by atoms with Crippen molar-refractivity contribution in [1.29, 1.82) is 0 Å². The lowest BCUT2D eigenvalue weighted by atomic mass is 10.0. The fraction of sp³-hybridized carbons (Fsp3) is 0.500. The maximum absolute atomic E-state index is 11.8. The van der Waals surface area contributed by atoms with Gasteiger partial charge in [0.25, 0.3) is 5.69 Å². The molecule has 1 aliphatic heterocycles. The largest absolute Gasteiger partial charge is 0.492 e. The zero-order valence-corrected chi connectivity index (χ0v) is 13.9. The maximum Gasteiger partial charge on any atom is 0.410 e. The second-order valence-corrected chi connectivity index (χ2v) is 6.66. The van der Waals surface area contributed by atoms with Crippen LogP contribution in [0.1, 0.15) is 31.1 Å². The Labute approximate surface area is 139 Å². The van der Waals surface area contributed by atoms with Gasteiger partial charge in [0, 0.05) is 31.1 Å². The van der Waals surface area contributed by atoms with Crippen molar-refractivity contribution in [2.24, 2.45) is 5.92 Å². The third-order valence-electron chi connectivity index (χ3n) is 3.41. The first-order valence-electron chi connectivity index (χ1n) is 7.54. The molecule has 1 heterocycles. The molecule has 1 fully saturated rings. The number of hydrogen-bond acceptors (Lipinski definition) is 6. The van der Waals surface area contributed by atoms with E-state index in [1.807, 2.05) is 0 Å². The molecule has 0 N–H and O–H groups in total. The van der Waals surface area contributed by atoms with Crippen LogP contribution in [-0.4, -0.2) is 47.5 Å². The van der Waals surface area contributed by atoms with E-state index in [-0.39, 0.29) is 23.3 Å². The molecule has 0 bridgehead atoms. The molecule has 0 spiro atoms. The fourth-order valence-corrected chi connectivity index (χ4v) is 2.23. The number of aldehydes is 1. The first-order chi connectivity index (χ1) is 11.2. The molecule has 24 heavy (non-hydrogen) atoms. The van der Waals surface area contributed by atoms with Gasteiger partial charge in [-0.05, 0) is 26.8 Å². The van der Waals surface area contributed by atoms with Crippen LogP contribution in [0.15, 0.2) is 18.2 Å². The molecule has 1 aromatic carbocycles. The molecule has 1 saturated heterocycles. The van der Waals surface area contributed by atoms with Gasteiger partial charge in [-0.15, -0.1) is 0 Å². The van der Waals surface area contributed by atoms with Gasteiger partial charge >= 0.3 is 6.09 Å². The van der Waals surface area contributed by atoms with Gasteiger partial charge in [-0.2, -0.15) is 0 Å². The highest BCUT2D eigenvalue weighted by Gasteiger charge is 2.34. The van der Waals surface area contributed by atoms with Crippen molar-refractivity contribution < 1.29 is 24.0 Å². The van der Waals surface area contributed by atoms with Crippen molar-refractivity contribution in [3.05, 3.63) is 33.9 Å². The minimum Gasteiger partial charge on any atom is -0.492 e. The Morgan fingerprint density at radius 2 is 2.08 bits per heavy atom. The van der Waals surface area contributed by atoms with Crippen LogP contribution in [0.3, 0.4) is 0 Å². The van der Waals surface area contributed by atoms with Crippen LogP contribution in [-0.2, 0) is 4.74 Å². The number of non-ortho nitro benzene ring substituents is 1. The van der Waals surface area contributed by atoms with Crippen LogP contribution in [0.4, 0.5) is 10.5 Å². The SMILES string of the molecule is CC(C)(C)OC(=O)N1CC(COc2ccc([N+](=O)[O-])cc2C=O)C1. The van der Waals surface area contributed by atoms with E-state index in [1.165, 1.54) is 18.2 Å². The Hall–Kier alpha value is -2.64. The Kier molecular flexibility index (Phi) is 5.06. The summed E-state index contributed by atoms with van der Waals surface area (Å²) in [7, 11) is 0. The molecule has 2 rings (SSSR count). The normalized spacial score (nSPS) is 14.7. The first kappa shape index (κ1) is 17.7. The van der Waals surface area contributed by atoms with E-state index in [1.54, 1.807) is 25.7 Å². The van der Waals surface area contributed by atoms with Crippen LogP contribution in [0, 0.1) is 16.0 Å². The fourth-order valence-electron chi connectivity index (χ4n) is 2.23. The molecule has 8 nitrogen and oxygen atoms in total. The molecule has 0 saturated carbocycles. The number of benzene rings is 1. The lowest BCUT2D eigenvalue weighted by Crippen LogP contribution is -2.53. The van der Waals surface area contributed by atoms with Gasteiger partial charge in [-0.3, -0.25) is 14.9 Å². The average Bonchev–Trinajstić information content (AvgIpc) is 2.43. The zero-order chi connectivity index (χ0) is 17.9. The number of nitrogens with zero attached hydrogens (tertiary/aromatic N) is 2. The second kappa shape index (κ2) is 6.86. The van der Waals surface area contributed by atoms with Gasteiger partial charge in [-0.1, -0.05) is 0 Å². The van der Waals surface area contributed by atoms with Crippen LogP contribution in [0.25, 0.3) is 0 Å². The van der Waals surface area contributed by atoms with Gasteiger partial charge in [0.05, 0.1) is 17.1 Å². The van der Waals surface area contributed by atoms with Gasteiger partial charge in [-0.25, -0.2) is 4.79 Å². The highest BCUT2D eigenvalue weighted by Crippen LogP contribution is 2.25. The van der Waals surface area contributed by atoms with Crippen molar-refractivity contribution in [2.45, 2.75) is 26.4 Å². The number of likely N-dealkylation sites (tertiary alicyclic amines) is 1. The number of amides is 1. The molecule has 8 heteroatoms. The molecule has 0 unspecified atom stereocenters. The third-order valence-corrected chi connectivity index (χ3v) is 3.41. The smallest absolute Gasteiger partial charge is 0.410 e. The highest BCUT2D eigenvalue weighted by molar-refractivity contribution is 5.80. The Morgan fingerprint density at radius 1 is 1.42 bits per heavy atom. The minimum atomic E-state index is -0.568. The predicted octanol–water partition coefficient (Wildman–Crippen LogP) is 2.65. The number of hydrogen-bond donors (Lipinski definition) is 0. The summed E-state index contributed by atoms with van der Waals surface area (Å²) in [4.78, 5) is 34.6. The van der Waals surface area contributed by atoms with Gasteiger partial charge in [0.1, 0.15) is 11.4 Å². The molecule has 0 radical (unpaired) electrons. The second-order valence-electron chi connectivity index (χ2n) is 6.66. The van der Waals surface area contributed by atoms with E-state index in [0.29, 0.717) is 31.7 Å². The average molecular weight is 336 g/mol. The topological polar surface area (TPSA) is 99.0 Å². The van der Waals surface area contributed by atoms with Gasteiger partial charge < -0.3 is 14.4 Å². The molecule has 1 aromatic rings. The van der Waals surface area contributed by atoms with Crippen molar-refractivity contribution in [2.75, 3.05) is 19.7 Å². The molecule has 1 aliphatic rings. The van der Waals surface area contributed by atoms with E-state index in [4.69, 9.17) is 9.47 Å². The third kappa shape index (κ3) is 4.43. The Bertz CT molecular complexity index is 646. The van der Waals surface area contributed by atoms with E-state index in [9.17, 15) is 19.7 Å². The number of nitro groups is 1. The molecular formula is C16H20N2O6. The number of rotatable bonds is 5. The number of nitro benzene ring substituents is 1. The molecule has 0 atom stereocenters.